The average Bonchev–Trinajstić information content (AvgIpc) is 3.27. The lowest BCUT2D eigenvalue weighted by Crippen LogP contribution is -2.46. The molecule has 4 N–H and O–H groups in total. The summed E-state index contributed by atoms with van der Waals surface area (Å²) in [5, 5.41) is 14.0. The first kappa shape index (κ1) is 25.0. The molecule has 1 aliphatic rings. The number of halogens is 2. The van der Waals surface area contributed by atoms with Gasteiger partial charge in [-0.25, -0.2) is 14.5 Å². The van der Waals surface area contributed by atoms with Gasteiger partial charge in [-0.05, 0) is 26.2 Å². The largest absolute Gasteiger partial charge is 0.437 e. The van der Waals surface area contributed by atoms with E-state index in [0.29, 0.717) is 29.0 Å². The summed E-state index contributed by atoms with van der Waals surface area (Å²) in [6, 6.07) is 7.55. The van der Waals surface area contributed by atoms with E-state index in [0.717, 1.165) is 6.54 Å². The van der Waals surface area contributed by atoms with Gasteiger partial charge in [0, 0.05) is 56.3 Å². The third-order valence-corrected chi connectivity index (χ3v) is 6.01. The fourth-order valence-electron chi connectivity index (χ4n) is 4.07. The minimum Gasteiger partial charge on any atom is -0.437 e. The molecule has 0 spiro atoms. The quantitative estimate of drug-likeness (QED) is 0.481. The molecule has 3 aromatic heterocycles. The molecule has 1 aliphatic carbocycles. The molecule has 188 valence electrons. The number of alkyl halides is 2. The molecule has 3 heterocycles. The van der Waals surface area contributed by atoms with Gasteiger partial charge < -0.3 is 26.0 Å². The second-order valence-corrected chi connectivity index (χ2v) is 8.83. The summed E-state index contributed by atoms with van der Waals surface area (Å²) >= 11 is 0. The zero-order valence-electron chi connectivity index (χ0n) is 20.2. The molecule has 1 atom stereocenters. The number of nitriles is 1. The number of allylic oxidation sites excluding steroid dienone is 1. The van der Waals surface area contributed by atoms with Crippen LogP contribution in [0.4, 0.5) is 8.78 Å². The zero-order chi connectivity index (χ0) is 26.0. The van der Waals surface area contributed by atoms with Crippen molar-refractivity contribution < 1.29 is 13.5 Å². The first-order valence-corrected chi connectivity index (χ1v) is 11.1. The average molecular weight is 496 g/mol. The highest BCUT2D eigenvalue weighted by Crippen LogP contribution is 2.39. The first-order valence-electron chi connectivity index (χ1n) is 11.1. The molecule has 0 saturated heterocycles. The van der Waals surface area contributed by atoms with Crippen LogP contribution >= 0.6 is 0 Å². The predicted molar refractivity (Wildman–Crippen MR) is 129 cm³/mol. The topological polar surface area (TPSA) is 135 Å². The number of nitrogens with zero attached hydrogens (tertiary/aromatic N) is 7. The van der Waals surface area contributed by atoms with Gasteiger partial charge in [0.05, 0.1) is 28.7 Å². The maximum Gasteiger partial charge on any atom is 0.387 e. The molecule has 10 nitrogen and oxygen atoms in total. The van der Waals surface area contributed by atoms with Crippen molar-refractivity contribution in [2.75, 3.05) is 34.2 Å². The number of ether oxygens (including phenoxy) is 1. The number of pyridine rings is 1. The summed E-state index contributed by atoms with van der Waals surface area (Å²) in [6.07, 6.45) is 6.00. The van der Waals surface area contributed by atoms with Crippen molar-refractivity contribution in [3.8, 4) is 17.3 Å². The van der Waals surface area contributed by atoms with Gasteiger partial charge in [-0.15, -0.1) is 0 Å². The number of fused-ring (bicyclic) bond motifs is 1. The second-order valence-electron chi connectivity index (χ2n) is 8.83. The third-order valence-electron chi connectivity index (χ3n) is 6.01. The van der Waals surface area contributed by atoms with E-state index < -0.39 is 12.2 Å². The van der Waals surface area contributed by atoms with Crippen molar-refractivity contribution in [3.63, 3.8) is 0 Å². The number of hydrogen-bond donors (Lipinski definition) is 2. The molecule has 0 fully saturated rings. The molecule has 0 radical (unpaired) electrons. The molecular weight excluding hydrogens is 468 g/mol. The van der Waals surface area contributed by atoms with Crippen molar-refractivity contribution in [3.05, 3.63) is 71.4 Å². The van der Waals surface area contributed by atoms with Crippen molar-refractivity contribution in [2.45, 2.75) is 18.6 Å². The van der Waals surface area contributed by atoms with E-state index in [1.165, 1.54) is 12.3 Å². The van der Waals surface area contributed by atoms with E-state index >= 15 is 0 Å². The maximum absolute atomic E-state index is 13.5. The molecule has 0 amide bonds. The first-order chi connectivity index (χ1) is 17.1. The molecule has 12 heteroatoms. The van der Waals surface area contributed by atoms with E-state index in [-0.39, 0.29) is 29.3 Å². The zero-order valence-corrected chi connectivity index (χ0v) is 20.2. The Kier molecular flexibility index (Phi) is 6.87. The highest BCUT2D eigenvalue weighted by molar-refractivity contribution is 5.80. The van der Waals surface area contributed by atoms with Crippen LogP contribution in [-0.4, -0.2) is 70.2 Å². The van der Waals surface area contributed by atoms with Crippen LogP contribution in [0.15, 0.2) is 60.0 Å². The molecule has 3 aromatic rings. The van der Waals surface area contributed by atoms with Gasteiger partial charge in [-0.3, -0.25) is 0 Å². The number of aromatic nitrogens is 4. The summed E-state index contributed by atoms with van der Waals surface area (Å²) in [4.78, 5) is 12.7. The van der Waals surface area contributed by atoms with E-state index in [1.807, 2.05) is 49.1 Å². The van der Waals surface area contributed by atoms with Crippen molar-refractivity contribution in [2.24, 2.45) is 11.5 Å². The van der Waals surface area contributed by atoms with E-state index in [4.69, 9.17) is 16.2 Å². The van der Waals surface area contributed by atoms with E-state index in [1.54, 1.807) is 16.9 Å². The molecular formula is C24H27F2N9O. The fraction of sp³-hybridized carbons (Fsp3) is 0.333. The van der Waals surface area contributed by atoms with Gasteiger partial charge in [0.2, 0.25) is 0 Å². The van der Waals surface area contributed by atoms with Crippen LogP contribution in [0.25, 0.3) is 16.8 Å². The Morgan fingerprint density at radius 3 is 2.72 bits per heavy atom. The lowest BCUT2D eigenvalue weighted by atomic mass is 9.85. The molecule has 4 rings (SSSR count). The number of nitrogens with two attached hydrogens (primary N) is 2. The van der Waals surface area contributed by atoms with Gasteiger partial charge >= 0.3 is 6.61 Å². The predicted octanol–water partition coefficient (Wildman–Crippen LogP) is 2.01. The van der Waals surface area contributed by atoms with Crippen molar-refractivity contribution >= 4 is 5.52 Å². The molecule has 0 aromatic carbocycles. The number of hydrogen-bond acceptors (Lipinski definition) is 9. The SMILES string of the molecule is CN(C)CCN(C)C1=C(N)CC(N)(c2ncc(C#N)c(-c3cnn4ccccc34)n2)C(OC(F)F)=C1. The monoisotopic (exact) mass is 495 g/mol. The summed E-state index contributed by atoms with van der Waals surface area (Å²) in [5.74, 6) is -0.217. The second kappa shape index (κ2) is 9.88. The Morgan fingerprint density at radius 1 is 1.25 bits per heavy atom. The Morgan fingerprint density at radius 2 is 2.03 bits per heavy atom. The van der Waals surface area contributed by atoms with Crippen molar-refractivity contribution in [1.29, 1.82) is 5.26 Å². The van der Waals surface area contributed by atoms with Gasteiger partial charge in [0.15, 0.2) is 5.82 Å². The molecule has 36 heavy (non-hydrogen) atoms. The van der Waals surface area contributed by atoms with Gasteiger partial charge in [-0.2, -0.15) is 19.1 Å². The molecule has 0 aliphatic heterocycles. The van der Waals surface area contributed by atoms with Gasteiger partial charge in [0.25, 0.3) is 0 Å². The summed E-state index contributed by atoms with van der Waals surface area (Å²) in [7, 11) is 5.68. The number of likely N-dealkylation sites (N-methyl/N-ethyl adjacent to an activating group) is 2. The van der Waals surface area contributed by atoms with Crippen LogP contribution in [0.3, 0.4) is 0 Å². The Bertz CT molecular complexity index is 1380. The lowest BCUT2D eigenvalue weighted by molar-refractivity contribution is -0.108. The Labute approximate surface area is 207 Å². The minimum absolute atomic E-state index is 0.00312. The smallest absolute Gasteiger partial charge is 0.387 e. The van der Waals surface area contributed by atoms with Crippen LogP contribution in [0, 0.1) is 11.3 Å². The normalized spacial score (nSPS) is 18.0. The Balaban J connectivity index is 1.80. The van der Waals surface area contributed by atoms with Crippen molar-refractivity contribution in [1.82, 2.24) is 29.4 Å². The maximum atomic E-state index is 13.5. The van der Waals surface area contributed by atoms with E-state index in [2.05, 4.69) is 21.1 Å². The third kappa shape index (κ3) is 4.71. The highest BCUT2D eigenvalue weighted by Gasteiger charge is 2.43. The summed E-state index contributed by atoms with van der Waals surface area (Å²) in [6.45, 7) is -1.79. The summed E-state index contributed by atoms with van der Waals surface area (Å²) in [5.41, 5.74) is 14.0. The highest BCUT2D eigenvalue weighted by atomic mass is 19.3. The minimum atomic E-state index is -3.12. The van der Waals surface area contributed by atoms with Crippen LogP contribution in [0.5, 0.6) is 0 Å². The Hall–Kier alpha value is -4.08. The number of rotatable bonds is 8. The molecule has 1 unspecified atom stereocenters. The lowest BCUT2D eigenvalue weighted by Gasteiger charge is -2.36. The standard InChI is InChI=1S/C24H27F2N9O/c1-33(2)8-9-34(3)19-10-20(36-23(25)26)24(29,11-17(19)28)22-30-13-15(12-27)21(32-22)16-14-31-35-7-5-4-6-18(16)35/h4-7,10,13-14,23H,8-9,11,28-29H2,1-3H3. The molecule has 0 saturated carbocycles. The van der Waals surface area contributed by atoms with Gasteiger partial charge in [0.1, 0.15) is 17.4 Å². The fourth-order valence-corrected chi connectivity index (χ4v) is 4.07. The van der Waals surface area contributed by atoms with Crippen LogP contribution in [0.1, 0.15) is 17.8 Å². The molecule has 0 bridgehead atoms. The van der Waals surface area contributed by atoms with E-state index in [9.17, 15) is 14.0 Å². The van der Waals surface area contributed by atoms with Crippen LogP contribution < -0.4 is 11.5 Å². The van der Waals surface area contributed by atoms with Crippen LogP contribution in [-0.2, 0) is 10.3 Å². The van der Waals surface area contributed by atoms with Gasteiger partial charge in [-0.1, -0.05) is 6.07 Å². The van der Waals surface area contributed by atoms with Crippen LogP contribution in [0.2, 0.25) is 0 Å². The summed E-state index contributed by atoms with van der Waals surface area (Å²) < 4.78 is 33.5.